The van der Waals surface area contributed by atoms with Gasteiger partial charge >= 0.3 is 0 Å². The van der Waals surface area contributed by atoms with Crippen LogP contribution in [0.4, 0.5) is 0 Å². The monoisotopic (exact) mass is 399 g/mol. The molecule has 2 aromatic heterocycles. The first kappa shape index (κ1) is 18.6. The molecule has 0 aliphatic carbocycles. The summed E-state index contributed by atoms with van der Waals surface area (Å²) in [5.41, 5.74) is 2.41. The molecule has 0 saturated carbocycles. The van der Waals surface area contributed by atoms with Crippen molar-refractivity contribution in [3.05, 3.63) is 50.8 Å². The molecule has 0 N–H and O–H groups in total. The van der Waals surface area contributed by atoms with Gasteiger partial charge < -0.3 is 4.90 Å². The van der Waals surface area contributed by atoms with E-state index in [1.165, 1.54) is 20.5 Å². The van der Waals surface area contributed by atoms with Gasteiger partial charge in [-0.05, 0) is 37.3 Å². The summed E-state index contributed by atoms with van der Waals surface area (Å²) in [6.45, 7) is 8.70. The van der Waals surface area contributed by atoms with Gasteiger partial charge in [-0.1, -0.05) is 18.2 Å². The number of aromatic nitrogens is 1. The second-order valence-corrected chi connectivity index (χ2v) is 9.39. The molecule has 4 nitrogen and oxygen atoms in total. The molecule has 1 aromatic carbocycles. The van der Waals surface area contributed by atoms with Crippen LogP contribution in [-0.4, -0.2) is 46.9 Å². The summed E-state index contributed by atoms with van der Waals surface area (Å²) in [5.74, 6) is 0.260. The van der Waals surface area contributed by atoms with Gasteiger partial charge in [0.1, 0.15) is 0 Å². The van der Waals surface area contributed by atoms with E-state index in [1.807, 2.05) is 6.92 Å². The number of aryl methyl sites for hydroxylation is 2. The van der Waals surface area contributed by atoms with Crippen molar-refractivity contribution in [2.45, 2.75) is 33.2 Å². The Morgan fingerprint density at radius 1 is 1.15 bits per heavy atom. The lowest BCUT2D eigenvalue weighted by Crippen LogP contribution is -2.36. The first-order chi connectivity index (χ1) is 13.1. The summed E-state index contributed by atoms with van der Waals surface area (Å²) >= 11 is 3.47. The third-order valence-corrected chi connectivity index (χ3v) is 7.34. The molecule has 1 fully saturated rings. The molecule has 27 heavy (non-hydrogen) atoms. The van der Waals surface area contributed by atoms with E-state index in [-0.39, 0.29) is 5.91 Å². The molecule has 4 rings (SSSR count). The van der Waals surface area contributed by atoms with Crippen molar-refractivity contribution < 1.29 is 4.79 Å². The van der Waals surface area contributed by atoms with E-state index in [2.05, 4.69) is 51.4 Å². The fraction of sp³-hybridized carbons (Fsp3) is 0.429. The zero-order chi connectivity index (χ0) is 18.8. The third kappa shape index (κ3) is 4.23. The van der Waals surface area contributed by atoms with E-state index in [1.54, 1.807) is 22.7 Å². The van der Waals surface area contributed by atoms with Gasteiger partial charge in [0.05, 0.1) is 17.1 Å². The van der Waals surface area contributed by atoms with Crippen LogP contribution < -0.4 is 0 Å². The number of carbonyl (C=O) groups excluding carboxylic acids is 1. The van der Waals surface area contributed by atoms with E-state index in [0.29, 0.717) is 6.42 Å². The number of fused-ring (bicyclic) bond motifs is 1. The van der Waals surface area contributed by atoms with Crippen molar-refractivity contribution in [3.8, 4) is 0 Å². The van der Waals surface area contributed by atoms with Gasteiger partial charge in [-0.15, -0.1) is 22.7 Å². The van der Waals surface area contributed by atoms with Gasteiger partial charge in [-0.25, -0.2) is 4.98 Å². The van der Waals surface area contributed by atoms with Crippen LogP contribution in [0.5, 0.6) is 0 Å². The molecule has 0 radical (unpaired) electrons. The lowest BCUT2D eigenvalue weighted by molar-refractivity contribution is -0.130. The predicted octanol–water partition coefficient (Wildman–Crippen LogP) is 4.25. The average Bonchev–Trinajstić information content (AvgIpc) is 3.10. The number of hydrogen-bond acceptors (Lipinski definition) is 5. The molecule has 1 aliphatic rings. The van der Waals surface area contributed by atoms with Crippen LogP contribution in [0.1, 0.15) is 27.6 Å². The summed E-state index contributed by atoms with van der Waals surface area (Å²) in [4.78, 5) is 23.2. The van der Waals surface area contributed by atoms with E-state index in [4.69, 9.17) is 0 Å². The van der Waals surface area contributed by atoms with Crippen molar-refractivity contribution in [3.63, 3.8) is 0 Å². The first-order valence-electron chi connectivity index (χ1n) is 9.48. The highest BCUT2D eigenvalue weighted by molar-refractivity contribution is 7.19. The van der Waals surface area contributed by atoms with Gasteiger partial charge in [-0.2, -0.15) is 0 Å². The minimum Gasteiger partial charge on any atom is -0.341 e. The minimum absolute atomic E-state index is 0.260. The maximum atomic E-state index is 12.9. The topological polar surface area (TPSA) is 36.4 Å². The molecule has 1 saturated heterocycles. The zero-order valence-corrected chi connectivity index (χ0v) is 17.5. The SMILES string of the molecule is Cc1nc(CN2CCCN(C(=O)Cc3sc4ccccc4c3C)CC2)cs1. The first-order valence-corrected chi connectivity index (χ1v) is 11.2. The molecular formula is C21H25N3OS2. The van der Waals surface area contributed by atoms with Gasteiger partial charge in [-0.3, -0.25) is 9.69 Å². The normalized spacial score (nSPS) is 16.0. The largest absolute Gasteiger partial charge is 0.341 e. The van der Waals surface area contributed by atoms with Crippen LogP contribution in [0, 0.1) is 13.8 Å². The lowest BCUT2D eigenvalue weighted by atomic mass is 10.1. The summed E-state index contributed by atoms with van der Waals surface area (Å²) in [5, 5.41) is 4.55. The van der Waals surface area contributed by atoms with Crippen molar-refractivity contribution in [2.24, 2.45) is 0 Å². The van der Waals surface area contributed by atoms with Crippen molar-refractivity contribution in [1.82, 2.24) is 14.8 Å². The number of carbonyl (C=O) groups is 1. The number of rotatable bonds is 4. The Kier molecular flexibility index (Phi) is 5.57. The maximum Gasteiger partial charge on any atom is 0.227 e. The number of hydrogen-bond donors (Lipinski definition) is 0. The Bertz CT molecular complexity index is 946. The lowest BCUT2D eigenvalue weighted by Gasteiger charge is -2.21. The molecular weight excluding hydrogens is 374 g/mol. The molecule has 1 amide bonds. The standard InChI is InChI=1S/C21H25N3OS2/c1-15-18-6-3-4-7-19(18)27-20(15)12-21(25)24-9-5-8-23(10-11-24)13-17-14-26-16(2)22-17/h3-4,6-7,14H,5,8-13H2,1-2H3. The highest BCUT2D eigenvalue weighted by Crippen LogP contribution is 2.31. The van der Waals surface area contributed by atoms with Crippen LogP contribution in [0.25, 0.3) is 10.1 Å². The van der Waals surface area contributed by atoms with Crippen LogP contribution in [-0.2, 0) is 17.8 Å². The number of thiophene rings is 1. The predicted molar refractivity (Wildman–Crippen MR) is 114 cm³/mol. The minimum atomic E-state index is 0.260. The Hall–Kier alpha value is -1.76. The van der Waals surface area contributed by atoms with Crippen LogP contribution in [0.2, 0.25) is 0 Å². The van der Waals surface area contributed by atoms with Crippen molar-refractivity contribution in [1.29, 1.82) is 0 Å². The fourth-order valence-corrected chi connectivity index (χ4v) is 5.54. The second kappa shape index (κ2) is 8.09. The van der Waals surface area contributed by atoms with E-state index >= 15 is 0 Å². The maximum absolute atomic E-state index is 12.9. The zero-order valence-electron chi connectivity index (χ0n) is 15.9. The highest BCUT2D eigenvalue weighted by atomic mass is 32.1. The highest BCUT2D eigenvalue weighted by Gasteiger charge is 2.21. The second-order valence-electron chi connectivity index (χ2n) is 7.19. The quantitative estimate of drug-likeness (QED) is 0.658. The molecule has 0 unspecified atom stereocenters. The third-order valence-electron chi connectivity index (χ3n) is 5.25. The summed E-state index contributed by atoms with van der Waals surface area (Å²) in [6, 6.07) is 8.43. The van der Waals surface area contributed by atoms with E-state index in [0.717, 1.165) is 49.8 Å². The number of amides is 1. The van der Waals surface area contributed by atoms with E-state index in [9.17, 15) is 4.79 Å². The van der Waals surface area contributed by atoms with Gasteiger partial charge in [0.25, 0.3) is 0 Å². The van der Waals surface area contributed by atoms with Crippen molar-refractivity contribution in [2.75, 3.05) is 26.2 Å². The summed E-state index contributed by atoms with van der Waals surface area (Å²) in [6.07, 6.45) is 1.55. The summed E-state index contributed by atoms with van der Waals surface area (Å²) in [7, 11) is 0. The van der Waals surface area contributed by atoms with Gasteiger partial charge in [0, 0.05) is 47.7 Å². The number of nitrogens with zero attached hydrogens (tertiary/aromatic N) is 3. The average molecular weight is 400 g/mol. The molecule has 3 aromatic rings. The molecule has 142 valence electrons. The molecule has 0 bridgehead atoms. The number of thiazole rings is 1. The Labute approximate surface area is 168 Å². The van der Waals surface area contributed by atoms with Crippen LogP contribution in [0.15, 0.2) is 29.6 Å². The van der Waals surface area contributed by atoms with Gasteiger partial charge in [0.2, 0.25) is 5.91 Å². The van der Waals surface area contributed by atoms with Gasteiger partial charge in [0.15, 0.2) is 0 Å². The van der Waals surface area contributed by atoms with E-state index < -0.39 is 0 Å². The Balaban J connectivity index is 1.38. The van der Waals surface area contributed by atoms with Crippen LogP contribution in [0.3, 0.4) is 0 Å². The van der Waals surface area contributed by atoms with Crippen LogP contribution >= 0.6 is 22.7 Å². The molecule has 0 spiro atoms. The molecule has 3 heterocycles. The number of benzene rings is 1. The fourth-order valence-electron chi connectivity index (χ4n) is 3.73. The Morgan fingerprint density at radius 2 is 2.00 bits per heavy atom. The Morgan fingerprint density at radius 3 is 2.78 bits per heavy atom. The molecule has 0 atom stereocenters. The molecule has 6 heteroatoms. The smallest absolute Gasteiger partial charge is 0.227 e. The molecule has 1 aliphatic heterocycles. The summed E-state index contributed by atoms with van der Waals surface area (Å²) < 4.78 is 1.28. The van der Waals surface area contributed by atoms with Crippen molar-refractivity contribution >= 4 is 38.7 Å².